The molecular formula is C51H61BrF2N11O5P. The predicted octanol–water partition coefficient (Wildman–Crippen LogP) is 7.87. The number of aromatic nitrogens is 4. The second-order valence-corrected chi connectivity index (χ2v) is 24.2. The largest absolute Gasteiger partial charge is 0.494 e. The smallest absolute Gasteiger partial charge is 0.234 e. The third-order valence-corrected chi connectivity index (χ3v) is 16.8. The van der Waals surface area contributed by atoms with Crippen LogP contribution in [-0.2, 0) is 25.4 Å². The van der Waals surface area contributed by atoms with Crippen molar-refractivity contribution in [2.24, 2.45) is 11.3 Å². The number of piperidine rings is 2. The number of carbonyl (C=O) groups excluding carboxylic acids is 3. The number of fused-ring (bicyclic) bond motifs is 1. The van der Waals surface area contributed by atoms with E-state index in [-0.39, 0.29) is 30.2 Å². The molecule has 6 heterocycles. The van der Waals surface area contributed by atoms with Crippen molar-refractivity contribution in [1.29, 1.82) is 0 Å². The van der Waals surface area contributed by atoms with Gasteiger partial charge in [0.2, 0.25) is 23.7 Å². The van der Waals surface area contributed by atoms with Crippen molar-refractivity contribution in [2.75, 3.05) is 93.2 Å². The molecule has 3 amide bonds. The highest BCUT2D eigenvalue weighted by molar-refractivity contribution is 9.10. The maximum atomic E-state index is 15.5. The lowest BCUT2D eigenvalue weighted by atomic mass is 9.81. The van der Waals surface area contributed by atoms with Crippen LogP contribution in [0.25, 0.3) is 10.9 Å². The van der Waals surface area contributed by atoms with Crippen molar-refractivity contribution in [1.82, 2.24) is 35.1 Å². The van der Waals surface area contributed by atoms with Gasteiger partial charge in [-0.3, -0.25) is 24.6 Å². The number of nitrogens with zero attached hydrogens (tertiary/aromatic N) is 8. The Balaban J connectivity index is 0.811. The Labute approximate surface area is 421 Å². The van der Waals surface area contributed by atoms with E-state index in [0.29, 0.717) is 76.7 Å². The number of methoxy groups -OCH3 is 1. The number of rotatable bonds is 12. The molecule has 2 aromatic heterocycles. The van der Waals surface area contributed by atoms with Crippen LogP contribution >= 0.6 is 23.1 Å². The monoisotopic (exact) mass is 1060 g/mol. The van der Waals surface area contributed by atoms with E-state index >= 15 is 8.78 Å². The third-order valence-electron chi connectivity index (χ3n) is 14.6. The lowest BCUT2D eigenvalue weighted by Gasteiger charge is -2.44. The lowest BCUT2D eigenvalue weighted by Crippen LogP contribution is -2.56. The van der Waals surface area contributed by atoms with E-state index in [1.807, 2.05) is 42.7 Å². The van der Waals surface area contributed by atoms with Gasteiger partial charge in [0.05, 0.1) is 40.3 Å². The normalized spacial score (nSPS) is 20.1. The fourth-order valence-electron chi connectivity index (χ4n) is 10.9. The number of halogens is 3. The first-order valence-corrected chi connectivity index (χ1v) is 27.7. The molecular weight excluding hydrogens is 996 g/mol. The first-order chi connectivity index (χ1) is 33.8. The predicted molar refractivity (Wildman–Crippen MR) is 276 cm³/mol. The minimum Gasteiger partial charge on any atom is -0.494 e. The van der Waals surface area contributed by atoms with Gasteiger partial charge >= 0.3 is 0 Å². The van der Waals surface area contributed by atoms with Crippen LogP contribution in [0.5, 0.6) is 5.75 Å². The Hall–Kier alpha value is -5.78. The summed E-state index contributed by atoms with van der Waals surface area (Å²) in [6, 6.07) is 10.8. The number of aryl methyl sites for hydroxylation is 2. The number of benzene rings is 3. The van der Waals surface area contributed by atoms with Gasteiger partial charge in [-0.1, -0.05) is 20.8 Å². The van der Waals surface area contributed by atoms with Gasteiger partial charge in [-0.2, -0.15) is 4.98 Å². The van der Waals surface area contributed by atoms with Gasteiger partial charge in [-0.25, -0.2) is 23.7 Å². The molecule has 3 aromatic carbocycles. The molecule has 0 saturated carbocycles. The number of hydrogen-bond donors (Lipinski definition) is 3. The van der Waals surface area contributed by atoms with E-state index < -0.39 is 41.9 Å². The average Bonchev–Trinajstić information content (AvgIpc) is 3.66. The van der Waals surface area contributed by atoms with Gasteiger partial charge in [0.15, 0.2) is 0 Å². The van der Waals surface area contributed by atoms with Crippen molar-refractivity contribution >= 4 is 91.5 Å². The molecule has 20 heteroatoms. The van der Waals surface area contributed by atoms with Crippen molar-refractivity contribution in [3.8, 4) is 5.75 Å². The minimum atomic E-state index is -2.79. The Morgan fingerprint density at radius 3 is 2.31 bits per heavy atom. The van der Waals surface area contributed by atoms with Crippen LogP contribution in [0, 0.1) is 29.9 Å². The van der Waals surface area contributed by atoms with Gasteiger partial charge in [0.25, 0.3) is 0 Å². The fourth-order valence-corrected chi connectivity index (χ4v) is 12.6. The Kier molecular flexibility index (Phi) is 14.1. The van der Waals surface area contributed by atoms with Crippen LogP contribution < -0.4 is 35.8 Å². The quantitative estimate of drug-likeness (QED) is 0.0812. The molecule has 16 nitrogen and oxygen atoms in total. The first-order valence-electron chi connectivity index (χ1n) is 24.3. The van der Waals surface area contributed by atoms with E-state index in [2.05, 4.69) is 75.7 Å². The molecule has 4 fully saturated rings. The summed E-state index contributed by atoms with van der Waals surface area (Å²) in [6.45, 7) is 16.7. The maximum absolute atomic E-state index is 15.5. The molecule has 376 valence electrons. The topological polar surface area (TPSA) is 178 Å². The first kappa shape index (κ1) is 50.2. The van der Waals surface area contributed by atoms with Gasteiger partial charge in [-0.05, 0) is 103 Å². The Morgan fingerprint density at radius 2 is 1.65 bits per heavy atom. The summed E-state index contributed by atoms with van der Waals surface area (Å²) in [7, 11) is -1.14. The molecule has 71 heavy (non-hydrogen) atoms. The molecule has 9 rings (SSSR count). The zero-order valence-electron chi connectivity index (χ0n) is 41.2. The number of hydrogen-bond acceptors (Lipinski definition) is 14. The molecule has 0 bridgehead atoms. The number of imide groups is 1. The summed E-state index contributed by atoms with van der Waals surface area (Å²) in [5.41, 5.74) is 3.93. The van der Waals surface area contributed by atoms with E-state index in [1.165, 1.54) is 12.1 Å². The summed E-state index contributed by atoms with van der Waals surface area (Å²) in [6.07, 6.45) is 6.19. The summed E-state index contributed by atoms with van der Waals surface area (Å²) in [5.74, 6) is -2.05. The van der Waals surface area contributed by atoms with E-state index in [4.69, 9.17) is 9.72 Å². The summed E-state index contributed by atoms with van der Waals surface area (Å²) >= 11 is 3.60. The van der Waals surface area contributed by atoms with Crippen molar-refractivity contribution < 1.29 is 32.5 Å². The Bertz CT molecular complexity index is 2940. The molecule has 0 spiro atoms. The van der Waals surface area contributed by atoms with Crippen LogP contribution in [0.1, 0.15) is 69.3 Å². The van der Waals surface area contributed by atoms with E-state index in [1.54, 1.807) is 32.8 Å². The van der Waals surface area contributed by atoms with Crippen molar-refractivity contribution in [2.45, 2.75) is 71.8 Å². The highest BCUT2D eigenvalue weighted by Gasteiger charge is 2.46. The van der Waals surface area contributed by atoms with Crippen LogP contribution in [0.15, 0.2) is 53.3 Å². The molecule has 2 atom stereocenters. The number of nitrogens with one attached hydrogen (secondary N) is 3. The standard InChI is InChI=1S/C51H61BrF2N11O5P/c1-8-30-21-41(59-50-56-26-36(52)47(61-50)58-40-11-10-39-34(25-55-29(2)57-39)46(40)71(6,7)69)43(70-5)24-42(30)63-15-13-31(14-16-63)62-17-19-64(20-18-62)49(68)35-27-65(28-51(35,3)4)32-22-37(53)45(38(54)23-32)33-9-12-44(66)60-48(33)67/h10-11,21-26,31,33,35H,8-9,12-20,27-28H2,1-7H3,(H,60,66,67)(H2,56,58,59,61). The maximum Gasteiger partial charge on any atom is 0.234 e. The summed E-state index contributed by atoms with van der Waals surface area (Å²) in [4.78, 5) is 65.3. The second-order valence-electron chi connectivity index (χ2n) is 20.2. The van der Waals surface area contributed by atoms with Crippen molar-refractivity contribution in [3.63, 3.8) is 0 Å². The number of piperazine rings is 1. The van der Waals surface area contributed by atoms with Gasteiger partial charge in [0.1, 0.15) is 36.2 Å². The molecule has 0 aliphatic carbocycles. The summed E-state index contributed by atoms with van der Waals surface area (Å²) in [5, 5.41) is 10.3. The highest BCUT2D eigenvalue weighted by Crippen LogP contribution is 2.44. The van der Waals surface area contributed by atoms with Crippen molar-refractivity contribution in [3.05, 3.63) is 81.9 Å². The average molecular weight is 1060 g/mol. The zero-order chi connectivity index (χ0) is 50.5. The molecule has 0 radical (unpaired) electrons. The highest BCUT2D eigenvalue weighted by atomic mass is 79.9. The zero-order valence-corrected chi connectivity index (χ0v) is 43.7. The molecule has 2 unspecified atom stereocenters. The number of carbonyl (C=O) groups is 3. The number of ether oxygens (including phenoxy) is 1. The second kappa shape index (κ2) is 20.0. The van der Waals surface area contributed by atoms with Crippen LogP contribution in [-0.4, -0.2) is 126 Å². The number of anilines is 6. The lowest BCUT2D eigenvalue weighted by molar-refractivity contribution is -0.140. The van der Waals surface area contributed by atoms with Gasteiger partial charge in [0, 0.05) is 111 Å². The minimum absolute atomic E-state index is 0.0195. The number of amides is 3. The molecule has 5 aromatic rings. The molecule has 4 aliphatic heterocycles. The SMILES string of the molecule is CCc1cc(Nc2ncc(Br)c(Nc3ccc4nc(C)ncc4c3P(C)(C)=O)n2)c(OC)cc1N1CCC(N2CCN(C(=O)C3CN(c4cc(F)c(C5CCC(=O)NC5=O)c(F)c4)CC3(C)C)CC2)CC1. The van der Waals surface area contributed by atoms with E-state index in [9.17, 15) is 18.9 Å². The van der Waals surface area contributed by atoms with Crippen LogP contribution in [0.3, 0.4) is 0 Å². The van der Waals surface area contributed by atoms with Gasteiger partial charge in [-0.15, -0.1) is 0 Å². The van der Waals surface area contributed by atoms with E-state index in [0.717, 1.165) is 73.3 Å². The third kappa shape index (κ3) is 10.3. The van der Waals surface area contributed by atoms with Crippen LogP contribution in [0.2, 0.25) is 0 Å². The molecule has 4 saturated heterocycles. The summed E-state index contributed by atoms with van der Waals surface area (Å²) < 4.78 is 51.2. The fraction of sp³-hybridized carbons (Fsp3) is 0.471. The molecule has 3 N–H and O–H groups in total. The molecule has 4 aliphatic rings. The Morgan fingerprint density at radius 1 is 0.930 bits per heavy atom. The van der Waals surface area contributed by atoms with Crippen LogP contribution in [0.4, 0.5) is 43.3 Å². The van der Waals surface area contributed by atoms with Gasteiger partial charge < -0.3 is 34.6 Å².